The molecule has 0 bridgehead atoms. The predicted molar refractivity (Wildman–Crippen MR) is 105 cm³/mol. The van der Waals surface area contributed by atoms with Crippen LogP contribution in [0.3, 0.4) is 0 Å². The largest absolute Gasteiger partial charge is 0.497 e. The number of methoxy groups -OCH3 is 1. The predicted octanol–water partition coefficient (Wildman–Crippen LogP) is 3.97. The van der Waals surface area contributed by atoms with Crippen molar-refractivity contribution in [1.29, 1.82) is 0 Å². The van der Waals surface area contributed by atoms with Crippen molar-refractivity contribution in [2.75, 3.05) is 25.5 Å². The zero-order valence-electron chi connectivity index (χ0n) is 15.4. The molecule has 2 aromatic rings. The number of anilines is 1. The molecule has 2 atom stereocenters. The van der Waals surface area contributed by atoms with E-state index in [0.29, 0.717) is 23.7 Å². The van der Waals surface area contributed by atoms with Crippen molar-refractivity contribution >= 4 is 23.3 Å². The molecule has 5 nitrogen and oxygen atoms in total. The standard InChI is InChI=1S/C20H22ClF2N3O2/c1-28-15-9-17(22)16(18(23)10-15)8-12-11-24-7-6-19(12)26-20(27)25-14-4-2-13(21)3-5-14/h2-5,9-10,12,19,24H,6-8,11H2,1H3,(H2,25,26,27). The van der Waals surface area contributed by atoms with Crippen molar-refractivity contribution in [2.24, 2.45) is 5.92 Å². The van der Waals surface area contributed by atoms with Crippen LogP contribution in [0, 0.1) is 17.6 Å². The SMILES string of the molecule is COc1cc(F)c(CC2CNCCC2NC(=O)Nc2ccc(Cl)cc2)c(F)c1. The van der Waals surface area contributed by atoms with Gasteiger partial charge in [0.15, 0.2) is 0 Å². The monoisotopic (exact) mass is 409 g/mol. The number of carbonyl (C=O) groups is 1. The second-order valence-corrected chi connectivity index (χ2v) is 7.17. The van der Waals surface area contributed by atoms with E-state index < -0.39 is 11.6 Å². The van der Waals surface area contributed by atoms with Gasteiger partial charge in [-0.3, -0.25) is 0 Å². The zero-order chi connectivity index (χ0) is 20.1. The summed E-state index contributed by atoms with van der Waals surface area (Å²) in [6, 6.07) is 8.52. The van der Waals surface area contributed by atoms with Gasteiger partial charge in [0.25, 0.3) is 0 Å². The molecule has 1 saturated heterocycles. The maximum Gasteiger partial charge on any atom is 0.319 e. The molecule has 1 aliphatic rings. The van der Waals surface area contributed by atoms with Gasteiger partial charge in [-0.05, 0) is 49.6 Å². The van der Waals surface area contributed by atoms with Crippen molar-refractivity contribution in [3.63, 3.8) is 0 Å². The van der Waals surface area contributed by atoms with Crippen LogP contribution in [-0.4, -0.2) is 32.3 Å². The lowest BCUT2D eigenvalue weighted by Gasteiger charge is -2.33. The molecular formula is C20H22ClF2N3O2. The molecule has 0 aliphatic carbocycles. The topological polar surface area (TPSA) is 62.4 Å². The second-order valence-electron chi connectivity index (χ2n) is 6.74. The van der Waals surface area contributed by atoms with Crippen molar-refractivity contribution in [3.8, 4) is 5.75 Å². The smallest absolute Gasteiger partial charge is 0.319 e. The molecule has 3 N–H and O–H groups in total. The Hall–Kier alpha value is -2.38. The average molecular weight is 410 g/mol. The lowest BCUT2D eigenvalue weighted by Crippen LogP contribution is -2.51. The zero-order valence-corrected chi connectivity index (χ0v) is 16.2. The number of urea groups is 1. The first-order chi connectivity index (χ1) is 13.5. The minimum absolute atomic E-state index is 0.000547. The highest BCUT2D eigenvalue weighted by Gasteiger charge is 2.28. The quantitative estimate of drug-likeness (QED) is 0.700. The summed E-state index contributed by atoms with van der Waals surface area (Å²) in [6.07, 6.45) is 0.832. The fraction of sp³-hybridized carbons (Fsp3) is 0.350. The molecule has 0 saturated carbocycles. The van der Waals surface area contributed by atoms with Crippen LogP contribution >= 0.6 is 11.6 Å². The normalized spacial score (nSPS) is 19.1. The van der Waals surface area contributed by atoms with Gasteiger partial charge in [0, 0.05) is 41.0 Å². The number of hydrogen-bond donors (Lipinski definition) is 3. The molecule has 3 rings (SSSR count). The highest BCUT2D eigenvalue weighted by atomic mass is 35.5. The Morgan fingerprint density at radius 1 is 1.25 bits per heavy atom. The molecule has 2 aromatic carbocycles. The van der Waals surface area contributed by atoms with E-state index in [2.05, 4.69) is 16.0 Å². The number of amides is 2. The first-order valence-electron chi connectivity index (χ1n) is 9.02. The fourth-order valence-electron chi connectivity index (χ4n) is 3.35. The number of ether oxygens (including phenoxy) is 1. The van der Waals surface area contributed by atoms with E-state index >= 15 is 0 Å². The summed E-state index contributed by atoms with van der Waals surface area (Å²) in [4.78, 5) is 12.3. The summed E-state index contributed by atoms with van der Waals surface area (Å²) in [5.41, 5.74) is 0.610. The van der Waals surface area contributed by atoms with Gasteiger partial charge in [-0.1, -0.05) is 11.6 Å². The van der Waals surface area contributed by atoms with Gasteiger partial charge < -0.3 is 20.7 Å². The molecule has 0 spiro atoms. The summed E-state index contributed by atoms with van der Waals surface area (Å²) < 4.78 is 33.5. The summed E-state index contributed by atoms with van der Waals surface area (Å²) in [5, 5.41) is 9.46. The molecule has 2 amide bonds. The Bertz CT molecular complexity index is 810. The van der Waals surface area contributed by atoms with Gasteiger partial charge in [-0.25, -0.2) is 13.6 Å². The van der Waals surface area contributed by atoms with Crippen LogP contribution in [0.2, 0.25) is 5.02 Å². The number of rotatable bonds is 5. The third-order valence-corrected chi connectivity index (χ3v) is 5.09. The number of benzene rings is 2. The minimum atomic E-state index is -0.646. The van der Waals surface area contributed by atoms with Crippen molar-refractivity contribution in [1.82, 2.24) is 10.6 Å². The van der Waals surface area contributed by atoms with E-state index in [1.54, 1.807) is 24.3 Å². The molecule has 2 unspecified atom stereocenters. The second kappa shape index (κ2) is 9.21. The minimum Gasteiger partial charge on any atom is -0.497 e. The first kappa shape index (κ1) is 20.4. The molecule has 150 valence electrons. The van der Waals surface area contributed by atoms with Crippen molar-refractivity contribution in [2.45, 2.75) is 18.9 Å². The van der Waals surface area contributed by atoms with Crippen molar-refractivity contribution in [3.05, 3.63) is 58.6 Å². The van der Waals surface area contributed by atoms with Crippen LogP contribution in [0.4, 0.5) is 19.3 Å². The highest BCUT2D eigenvalue weighted by molar-refractivity contribution is 6.30. The molecule has 0 radical (unpaired) electrons. The summed E-state index contributed by atoms with van der Waals surface area (Å²) in [6.45, 7) is 1.27. The van der Waals surface area contributed by atoms with E-state index in [0.717, 1.165) is 6.54 Å². The average Bonchev–Trinajstić information content (AvgIpc) is 2.67. The molecule has 0 aromatic heterocycles. The number of piperidine rings is 1. The van der Waals surface area contributed by atoms with Crippen LogP contribution < -0.4 is 20.7 Å². The molecule has 1 aliphatic heterocycles. The van der Waals surface area contributed by atoms with E-state index in [4.69, 9.17) is 16.3 Å². The van der Waals surface area contributed by atoms with Gasteiger partial charge in [0.05, 0.1) is 7.11 Å². The maximum absolute atomic E-state index is 14.3. The Balaban J connectivity index is 1.67. The number of carbonyl (C=O) groups excluding carboxylic acids is 1. The Morgan fingerprint density at radius 2 is 1.93 bits per heavy atom. The third kappa shape index (κ3) is 5.11. The molecule has 28 heavy (non-hydrogen) atoms. The van der Waals surface area contributed by atoms with Gasteiger partial charge >= 0.3 is 6.03 Å². The summed E-state index contributed by atoms with van der Waals surface area (Å²) >= 11 is 5.84. The van der Waals surface area contributed by atoms with Crippen LogP contribution in [0.1, 0.15) is 12.0 Å². The number of halogens is 3. The number of hydrogen-bond acceptors (Lipinski definition) is 3. The van der Waals surface area contributed by atoms with E-state index in [9.17, 15) is 13.6 Å². The van der Waals surface area contributed by atoms with Crippen LogP contribution in [-0.2, 0) is 6.42 Å². The summed E-state index contributed by atoms with van der Waals surface area (Å²) in [5.74, 6) is -1.31. The first-order valence-corrected chi connectivity index (χ1v) is 9.39. The van der Waals surface area contributed by atoms with E-state index in [1.165, 1.54) is 19.2 Å². The maximum atomic E-state index is 14.3. The lowest BCUT2D eigenvalue weighted by atomic mass is 9.87. The van der Waals surface area contributed by atoms with Crippen LogP contribution in [0.15, 0.2) is 36.4 Å². The summed E-state index contributed by atoms with van der Waals surface area (Å²) in [7, 11) is 1.36. The highest BCUT2D eigenvalue weighted by Crippen LogP contribution is 2.25. The van der Waals surface area contributed by atoms with Gasteiger partial charge in [0.2, 0.25) is 0 Å². The molecular weight excluding hydrogens is 388 g/mol. The van der Waals surface area contributed by atoms with Crippen LogP contribution in [0.5, 0.6) is 5.75 Å². The third-order valence-electron chi connectivity index (χ3n) is 4.84. The van der Waals surface area contributed by atoms with Gasteiger partial charge in [-0.15, -0.1) is 0 Å². The van der Waals surface area contributed by atoms with Gasteiger partial charge in [0.1, 0.15) is 17.4 Å². The molecule has 1 heterocycles. The van der Waals surface area contributed by atoms with Crippen molar-refractivity contribution < 1.29 is 18.3 Å². The molecule has 1 fully saturated rings. The van der Waals surface area contributed by atoms with Crippen LogP contribution in [0.25, 0.3) is 0 Å². The fourth-order valence-corrected chi connectivity index (χ4v) is 3.48. The Kier molecular flexibility index (Phi) is 6.70. The van der Waals surface area contributed by atoms with E-state index in [-0.39, 0.29) is 35.7 Å². The molecule has 8 heteroatoms. The lowest BCUT2D eigenvalue weighted by molar-refractivity contribution is 0.231. The van der Waals surface area contributed by atoms with E-state index in [1.807, 2.05) is 0 Å². The van der Waals surface area contributed by atoms with Gasteiger partial charge in [-0.2, -0.15) is 0 Å². The number of nitrogens with one attached hydrogen (secondary N) is 3. The Labute approximate surface area is 167 Å². The Morgan fingerprint density at radius 3 is 2.57 bits per heavy atom.